The van der Waals surface area contributed by atoms with Gasteiger partial charge in [-0.15, -0.1) is 0 Å². The monoisotopic (exact) mass is 679 g/mol. The molecule has 6 atom stereocenters. The van der Waals surface area contributed by atoms with Gasteiger partial charge in [-0.05, 0) is 68.1 Å². The lowest BCUT2D eigenvalue weighted by Crippen LogP contribution is -2.62. The Labute approximate surface area is 288 Å². The lowest BCUT2D eigenvalue weighted by molar-refractivity contribution is -0.146. The van der Waals surface area contributed by atoms with Crippen LogP contribution in [0.1, 0.15) is 115 Å². The number of aromatic nitrogens is 2. The number of hydrogen-bond donors (Lipinski definition) is 4. The molecule has 4 N–H and O–H groups in total. The number of ketones is 1. The minimum Gasteiger partial charge on any atom is -0.347 e. The second kappa shape index (κ2) is 15.8. The first-order chi connectivity index (χ1) is 23.4. The van der Waals surface area contributed by atoms with Gasteiger partial charge in [-0.1, -0.05) is 59.8 Å². The van der Waals surface area contributed by atoms with Gasteiger partial charge in [0.05, 0.1) is 12.2 Å². The van der Waals surface area contributed by atoms with Gasteiger partial charge < -0.3 is 26.2 Å². The van der Waals surface area contributed by atoms with Gasteiger partial charge >= 0.3 is 0 Å². The van der Waals surface area contributed by atoms with Crippen LogP contribution in [0.2, 0.25) is 0 Å². The first-order valence-corrected chi connectivity index (χ1v) is 18.2. The number of nitrogens with one attached hydrogen (secondary N) is 4. The first-order valence-electron chi connectivity index (χ1n) is 18.2. The normalized spacial score (nSPS) is 24.2. The van der Waals surface area contributed by atoms with Crippen molar-refractivity contribution in [3.05, 3.63) is 24.3 Å². The summed E-state index contributed by atoms with van der Waals surface area (Å²) in [6.07, 6.45) is 13.9. The molecule has 268 valence electrons. The van der Waals surface area contributed by atoms with E-state index in [0.29, 0.717) is 19.4 Å². The average molecular weight is 680 g/mol. The molecule has 0 bridgehead atoms. The molecule has 5 amide bonds. The fourth-order valence-corrected chi connectivity index (χ4v) is 7.87. The van der Waals surface area contributed by atoms with Crippen molar-refractivity contribution < 1.29 is 28.8 Å². The Morgan fingerprint density at radius 3 is 2.27 bits per heavy atom. The number of carbonyl (C=O) groups excluding carboxylic acids is 6. The highest BCUT2D eigenvalue weighted by Crippen LogP contribution is 2.43. The summed E-state index contributed by atoms with van der Waals surface area (Å²) in [5, 5.41) is 11.5. The third kappa shape index (κ3) is 8.83. The molecule has 0 aromatic carbocycles. The summed E-state index contributed by atoms with van der Waals surface area (Å²) in [6.45, 7) is 7.85. The van der Waals surface area contributed by atoms with Gasteiger partial charge in [0, 0.05) is 25.0 Å². The molecule has 3 saturated carbocycles. The standard InChI is InChI=1S/C36H53N7O6/c1-5-10-25(29(44)34(48)39-23-15-16-23)40-33(47)28-24-14-9-13-22(24)20-43(28)35(49)30(36(2,3)4)42-32(46)27(21-11-7-6-8-12-21)41-31(45)26-19-37-17-18-38-26/h17-19,21-25,27-28,30H,5-16,20H2,1-4H3,(H,39,48)(H,40,47)(H,41,45)(H,42,46)/t22-,24-,25?,27-,28?,30?/m0/s1. The molecule has 0 spiro atoms. The van der Waals surface area contributed by atoms with E-state index in [1.54, 1.807) is 4.90 Å². The van der Waals surface area contributed by atoms with Crippen molar-refractivity contribution in [2.45, 2.75) is 135 Å². The summed E-state index contributed by atoms with van der Waals surface area (Å²) in [6, 6.07) is -3.68. The largest absolute Gasteiger partial charge is 0.347 e. The second-order valence-electron chi connectivity index (χ2n) is 15.5. The van der Waals surface area contributed by atoms with Crippen LogP contribution in [0.15, 0.2) is 18.6 Å². The van der Waals surface area contributed by atoms with Crippen LogP contribution in [-0.2, 0) is 24.0 Å². The molecule has 5 rings (SSSR count). The molecule has 1 aliphatic heterocycles. The molecule has 3 aliphatic carbocycles. The summed E-state index contributed by atoms with van der Waals surface area (Å²) < 4.78 is 0. The number of rotatable bonds is 13. The van der Waals surface area contributed by atoms with Crippen molar-refractivity contribution in [3.8, 4) is 0 Å². The van der Waals surface area contributed by atoms with Crippen LogP contribution >= 0.6 is 0 Å². The van der Waals surface area contributed by atoms with Gasteiger partial charge in [0.1, 0.15) is 23.8 Å². The number of likely N-dealkylation sites (tertiary alicyclic amines) is 1. The van der Waals surface area contributed by atoms with Crippen molar-refractivity contribution in [2.75, 3.05) is 6.54 Å². The highest BCUT2D eigenvalue weighted by atomic mass is 16.2. The van der Waals surface area contributed by atoms with Crippen LogP contribution in [0.25, 0.3) is 0 Å². The lowest BCUT2D eigenvalue weighted by Gasteiger charge is -2.38. The minimum atomic E-state index is -0.994. The van der Waals surface area contributed by atoms with Gasteiger partial charge in [-0.25, -0.2) is 4.98 Å². The molecular weight excluding hydrogens is 626 g/mol. The Morgan fingerprint density at radius 2 is 1.63 bits per heavy atom. The van der Waals surface area contributed by atoms with E-state index in [1.807, 2.05) is 27.7 Å². The SMILES string of the molecule is CCCC(NC(=O)C1[C@H]2CCC[C@H]2CN1C(=O)C(NC(=O)[C@@H](NC(=O)c1cnccn1)C1CCCCC1)C(C)(C)C)C(=O)C(=O)NC1CC1. The van der Waals surface area contributed by atoms with Crippen LogP contribution in [0.4, 0.5) is 0 Å². The average Bonchev–Trinajstić information content (AvgIpc) is 3.65. The Morgan fingerprint density at radius 1 is 0.898 bits per heavy atom. The molecule has 1 aromatic heterocycles. The third-order valence-electron chi connectivity index (χ3n) is 10.7. The maximum absolute atomic E-state index is 14.6. The van der Waals surface area contributed by atoms with Crippen molar-refractivity contribution in [2.24, 2.45) is 23.2 Å². The van der Waals surface area contributed by atoms with Crippen LogP contribution in [0.5, 0.6) is 0 Å². The molecule has 13 nitrogen and oxygen atoms in total. The molecule has 13 heteroatoms. The third-order valence-corrected chi connectivity index (χ3v) is 10.7. The minimum absolute atomic E-state index is 0.0132. The summed E-state index contributed by atoms with van der Waals surface area (Å²) in [4.78, 5) is 91.4. The topological polar surface area (TPSA) is 180 Å². The predicted octanol–water partition coefficient (Wildman–Crippen LogP) is 2.45. The van der Waals surface area contributed by atoms with E-state index in [-0.39, 0.29) is 35.4 Å². The number of carbonyl (C=O) groups is 6. The fourth-order valence-electron chi connectivity index (χ4n) is 7.87. The smallest absolute Gasteiger partial charge is 0.289 e. The molecular formula is C36H53N7O6. The van der Waals surface area contributed by atoms with Gasteiger partial charge in [-0.3, -0.25) is 33.8 Å². The number of nitrogens with zero attached hydrogens (tertiary/aromatic N) is 3. The zero-order valence-electron chi connectivity index (χ0n) is 29.3. The number of amides is 5. The molecule has 3 unspecified atom stereocenters. The van der Waals surface area contributed by atoms with Crippen LogP contribution < -0.4 is 21.3 Å². The van der Waals surface area contributed by atoms with Crippen molar-refractivity contribution in [1.29, 1.82) is 0 Å². The predicted molar refractivity (Wildman–Crippen MR) is 181 cm³/mol. The van der Waals surface area contributed by atoms with Gasteiger partial charge in [0.15, 0.2) is 0 Å². The zero-order chi connectivity index (χ0) is 35.3. The molecule has 4 aliphatic rings. The van der Waals surface area contributed by atoms with Gasteiger partial charge in [-0.2, -0.15) is 0 Å². The van der Waals surface area contributed by atoms with Gasteiger partial charge in [0.2, 0.25) is 23.5 Å². The highest BCUT2D eigenvalue weighted by Gasteiger charge is 2.52. The van der Waals surface area contributed by atoms with E-state index in [2.05, 4.69) is 31.2 Å². The van der Waals surface area contributed by atoms with Gasteiger partial charge in [0.25, 0.3) is 11.8 Å². The first kappa shape index (κ1) is 36.4. The Hall–Kier alpha value is -3.90. The van der Waals surface area contributed by atoms with E-state index < -0.39 is 59.0 Å². The molecule has 2 heterocycles. The quantitative estimate of drug-likeness (QED) is 0.230. The summed E-state index contributed by atoms with van der Waals surface area (Å²) in [5.41, 5.74) is -0.638. The van der Waals surface area contributed by atoms with E-state index in [9.17, 15) is 28.8 Å². The fraction of sp³-hybridized carbons (Fsp3) is 0.722. The molecule has 49 heavy (non-hydrogen) atoms. The lowest BCUT2D eigenvalue weighted by atomic mass is 9.82. The number of Topliss-reactive ketones (excluding diaryl/α,β-unsaturated/α-hetero) is 1. The zero-order valence-corrected chi connectivity index (χ0v) is 29.3. The Balaban J connectivity index is 1.36. The number of hydrogen-bond acceptors (Lipinski definition) is 8. The van der Waals surface area contributed by atoms with Crippen LogP contribution in [0.3, 0.4) is 0 Å². The van der Waals surface area contributed by atoms with Crippen molar-refractivity contribution in [3.63, 3.8) is 0 Å². The summed E-state index contributed by atoms with van der Waals surface area (Å²) in [5.74, 6) is -3.20. The number of fused-ring (bicyclic) bond motifs is 1. The molecule has 0 radical (unpaired) electrons. The van der Waals surface area contributed by atoms with Crippen LogP contribution in [-0.4, -0.2) is 86.9 Å². The summed E-state index contributed by atoms with van der Waals surface area (Å²) >= 11 is 0. The molecule has 1 saturated heterocycles. The van der Waals surface area contributed by atoms with E-state index in [1.165, 1.54) is 18.6 Å². The molecule has 1 aromatic rings. The Kier molecular flexibility index (Phi) is 11.7. The molecule has 4 fully saturated rings. The maximum Gasteiger partial charge on any atom is 0.289 e. The van der Waals surface area contributed by atoms with Crippen molar-refractivity contribution in [1.82, 2.24) is 36.1 Å². The Bertz CT molecular complexity index is 1390. The van der Waals surface area contributed by atoms with Crippen molar-refractivity contribution >= 4 is 35.3 Å². The van der Waals surface area contributed by atoms with E-state index >= 15 is 0 Å². The summed E-state index contributed by atoms with van der Waals surface area (Å²) in [7, 11) is 0. The second-order valence-corrected chi connectivity index (χ2v) is 15.5. The van der Waals surface area contributed by atoms with E-state index in [0.717, 1.165) is 64.2 Å². The maximum atomic E-state index is 14.6. The highest BCUT2D eigenvalue weighted by molar-refractivity contribution is 6.38. The van der Waals surface area contributed by atoms with Crippen LogP contribution in [0, 0.1) is 23.2 Å². The van der Waals surface area contributed by atoms with E-state index in [4.69, 9.17) is 0 Å².